The Morgan fingerprint density at radius 2 is 2.14 bits per heavy atom. The summed E-state index contributed by atoms with van der Waals surface area (Å²) in [6, 6.07) is 5.15. The molecule has 0 bridgehead atoms. The summed E-state index contributed by atoms with van der Waals surface area (Å²) in [6.45, 7) is 3.26. The molecule has 108 valence electrons. The molecular formula is C15H15N3O3. The topological polar surface area (TPSA) is 80.3 Å². The van der Waals surface area contributed by atoms with Crippen LogP contribution in [0.5, 0.6) is 0 Å². The highest BCUT2D eigenvalue weighted by molar-refractivity contribution is 6.08. The Balaban J connectivity index is 2.16. The summed E-state index contributed by atoms with van der Waals surface area (Å²) < 4.78 is 5.01. The minimum absolute atomic E-state index is 0.161. The van der Waals surface area contributed by atoms with E-state index in [2.05, 4.69) is 15.6 Å². The first-order valence-corrected chi connectivity index (χ1v) is 6.82. The number of fused-ring (bicyclic) bond motifs is 3. The number of nitrogens with one attached hydrogen (secondary N) is 2. The van der Waals surface area contributed by atoms with E-state index in [1.54, 1.807) is 31.3 Å². The van der Waals surface area contributed by atoms with Crippen LogP contribution in [0.3, 0.4) is 0 Å². The van der Waals surface area contributed by atoms with Gasteiger partial charge in [-0.1, -0.05) is 0 Å². The third-order valence-electron chi connectivity index (χ3n) is 3.34. The van der Waals surface area contributed by atoms with Gasteiger partial charge in [0.2, 0.25) is 0 Å². The van der Waals surface area contributed by atoms with Crippen molar-refractivity contribution in [1.29, 1.82) is 0 Å². The molecule has 0 unspecified atom stereocenters. The molecule has 6 nitrogen and oxygen atoms in total. The first kappa shape index (κ1) is 13.4. The Morgan fingerprint density at radius 3 is 2.95 bits per heavy atom. The number of amides is 1. The van der Waals surface area contributed by atoms with Gasteiger partial charge < -0.3 is 15.4 Å². The van der Waals surface area contributed by atoms with Gasteiger partial charge in [-0.25, -0.2) is 4.79 Å². The highest BCUT2D eigenvalue weighted by Gasteiger charge is 2.19. The van der Waals surface area contributed by atoms with E-state index < -0.39 is 0 Å². The van der Waals surface area contributed by atoms with Crippen LogP contribution in [-0.2, 0) is 4.74 Å². The summed E-state index contributed by atoms with van der Waals surface area (Å²) >= 11 is 0. The Morgan fingerprint density at radius 1 is 1.33 bits per heavy atom. The molecule has 0 fully saturated rings. The van der Waals surface area contributed by atoms with Gasteiger partial charge in [0.25, 0.3) is 5.91 Å². The van der Waals surface area contributed by atoms with Crippen molar-refractivity contribution in [1.82, 2.24) is 10.3 Å². The third-order valence-corrected chi connectivity index (χ3v) is 3.34. The van der Waals surface area contributed by atoms with Crippen molar-refractivity contribution < 1.29 is 14.3 Å². The molecule has 0 atom stereocenters. The van der Waals surface area contributed by atoms with Crippen LogP contribution in [-0.4, -0.2) is 36.6 Å². The minimum atomic E-state index is -0.380. The van der Waals surface area contributed by atoms with Crippen molar-refractivity contribution in [3.8, 4) is 0 Å². The molecule has 6 heteroatoms. The molecule has 0 aliphatic carbocycles. The van der Waals surface area contributed by atoms with Crippen LogP contribution in [0.2, 0.25) is 0 Å². The largest absolute Gasteiger partial charge is 0.462 e. The molecule has 21 heavy (non-hydrogen) atoms. The van der Waals surface area contributed by atoms with E-state index in [0.29, 0.717) is 36.5 Å². The van der Waals surface area contributed by atoms with Crippen molar-refractivity contribution in [2.24, 2.45) is 0 Å². The molecule has 0 saturated carbocycles. The van der Waals surface area contributed by atoms with Crippen LogP contribution in [0.1, 0.15) is 27.6 Å². The predicted molar refractivity (Wildman–Crippen MR) is 78.5 cm³/mol. The summed E-state index contributed by atoms with van der Waals surface area (Å²) in [4.78, 5) is 28.1. The van der Waals surface area contributed by atoms with E-state index in [-0.39, 0.29) is 11.9 Å². The number of aromatic nitrogens is 1. The number of benzene rings is 1. The number of hydrogen-bond acceptors (Lipinski definition) is 5. The number of anilines is 1. The fourth-order valence-electron chi connectivity index (χ4n) is 2.36. The van der Waals surface area contributed by atoms with Gasteiger partial charge in [-0.2, -0.15) is 0 Å². The third kappa shape index (κ3) is 2.40. The van der Waals surface area contributed by atoms with Gasteiger partial charge in [-0.15, -0.1) is 0 Å². The van der Waals surface area contributed by atoms with Crippen molar-refractivity contribution in [2.75, 3.05) is 25.0 Å². The average Bonchev–Trinajstić information content (AvgIpc) is 2.69. The summed E-state index contributed by atoms with van der Waals surface area (Å²) in [7, 11) is 0. The molecular weight excluding hydrogens is 270 g/mol. The fourth-order valence-corrected chi connectivity index (χ4v) is 2.36. The molecule has 0 saturated heterocycles. The molecule has 2 heterocycles. The Labute approximate surface area is 121 Å². The van der Waals surface area contributed by atoms with Crippen molar-refractivity contribution >= 4 is 28.5 Å². The van der Waals surface area contributed by atoms with E-state index in [4.69, 9.17) is 4.74 Å². The molecule has 1 aromatic carbocycles. The van der Waals surface area contributed by atoms with Crippen LogP contribution in [0.25, 0.3) is 10.9 Å². The summed E-state index contributed by atoms with van der Waals surface area (Å²) in [5, 5.41) is 6.76. The number of pyridine rings is 1. The molecule has 2 aromatic rings. The molecule has 3 rings (SSSR count). The number of rotatable bonds is 2. The Hall–Kier alpha value is -2.63. The van der Waals surface area contributed by atoms with E-state index in [9.17, 15) is 9.59 Å². The molecule has 0 radical (unpaired) electrons. The summed E-state index contributed by atoms with van der Waals surface area (Å²) in [5.74, 6) is -0.541. The maximum atomic E-state index is 12.0. The Kier molecular flexibility index (Phi) is 3.43. The molecule has 1 aliphatic heterocycles. The lowest BCUT2D eigenvalue weighted by Gasteiger charge is -2.10. The van der Waals surface area contributed by atoms with E-state index in [1.807, 2.05) is 0 Å². The number of hydrogen-bond donors (Lipinski definition) is 2. The smallest absolute Gasteiger partial charge is 0.338 e. The second kappa shape index (κ2) is 5.40. The van der Waals surface area contributed by atoms with Crippen LogP contribution < -0.4 is 10.6 Å². The lowest BCUT2D eigenvalue weighted by Crippen LogP contribution is -2.24. The van der Waals surface area contributed by atoms with Gasteiger partial charge in [0, 0.05) is 24.7 Å². The second-order valence-corrected chi connectivity index (χ2v) is 4.68. The maximum absolute atomic E-state index is 12.0. The quantitative estimate of drug-likeness (QED) is 0.819. The standard InChI is InChI=1S/C15H15N3O3/c1-2-21-15(20)9-3-4-12-10(7-9)13-11(8-18-12)14(19)17-6-5-16-13/h3-4,7-8,16H,2,5-6H2,1H3,(H,17,19). The van der Waals surface area contributed by atoms with Crippen molar-refractivity contribution in [3.05, 3.63) is 35.5 Å². The molecule has 0 spiro atoms. The highest BCUT2D eigenvalue weighted by atomic mass is 16.5. The number of ether oxygens (including phenoxy) is 1. The van der Waals surface area contributed by atoms with Gasteiger partial charge >= 0.3 is 5.97 Å². The van der Waals surface area contributed by atoms with Crippen LogP contribution in [0.15, 0.2) is 24.4 Å². The van der Waals surface area contributed by atoms with Crippen molar-refractivity contribution in [2.45, 2.75) is 6.92 Å². The SMILES string of the molecule is CCOC(=O)c1ccc2ncc3c(c2c1)NCCNC3=O. The maximum Gasteiger partial charge on any atom is 0.338 e. The van der Waals surface area contributed by atoms with Gasteiger partial charge in [0.1, 0.15) is 0 Å². The first-order chi connectivity index (χ1) is 10.2. The van der Waals surface area contributed by atoms with E-state index in [1.165, 1.54) is 0 Å². The van der Waals surface area contributed by atoms with Gasteiger partial charge in [0.05, 0.1) is 28.9 Å². The lowest BCUT2D eigenvalue weighted by atomic mass is 10.1. The number of carbonyl (C=O) groups is 2. The van der Waals surface area contributed by atoms with Crippen LogP contribution in [0.4, 0.5) is 5.69 Å². The van der Waals surface area contributed by atoms with E-state index in [0.717, 1.165) is 10.9 Å². The summed E-state index contributed by atoms with van der Waals surface area (Å²) in [5.41, 5.74) is 2.37. The molecule has 1 aromatic heterocycles. The second-order valence-electron chi connectivity index (χ2n) is 4.68. The number of esters is 1. The lowest BCUT2D eigenvalue weighted by molar-refractivity contribution is 0.0526. The number of carbonyl (C=O) groups excluding carboxylic acids is 2. The van der Waals surface area contributed by atoms with Crippen LogP contribution >= 0.6 is 0 Å². The predicted octanol–water partition coefficient (Wildman–Crippen LogP) is 1.57. The first-order valence-electron chi connectivity index (χ1n) is 6.82. The molecule has 1 aliphatic rings. The molecule has 1 amide bonds. The minimum Gasteiger partial charge on any atom is -0.462 e. The Bertz CT molecular complexity index is 727. The van der Waals surface area contributed by atoms with Crippen LogP contribution in [0, 0.1) is 0 Å². The van der Waals surface area contributed by atoms with E-state index >= 15 is 0 Å². The normalized spacial score (nSPS) is 13.9. The average molecular weight is 285 g/mol. The van der Waals surface area contributed by atoms with Gasteiger partial charge in [-0.3, -0.25) is 9.78 Å². The van der Waals surface area contributed by atoms with Gasteiger partial charge in [-0.05, 0) is 25.1 Å². The molecule has 2 N–H and O–H groups in total. The zero-order chi connectivity index (χ0) is 14.8. The number of nitrogens with zero attached hydrogens (tertiary/aromatic N) is 1. The zero-order valence-electron chi connectivity index (χ0n) is 11.6. The highest BCUT2D eigenvalue weighted by Crippen LogP contribution is 2.28. The summed E-state index contributed by atoms with van der Waals surface area (Å²) in [6.07, 6.45) is 1.55. The fraction of sp³-hybridized carbons (Fsp3) is 0.267. The van der Waals surface area contributed by atoms with Gasteiger partial charge in [0.15, 0.2) is 0 Å². The zero-order valence-corrected chi connectivity index (χ0v) is 11.6. The monoisotopic (exact) mass is 285 g/mol. The van der Waals surface area contributed by atoms with Crippen molar-refractivity contribution in [3.63, 3.8) is 0 Å².